The van der Waals surface area contributed by atoms with Gasteiger partial charge in [0.1, 0.15) is 33.1 Å². The van der Waals surface area contributed by atoms with Crippen LogP contribution in [-0.2, 0) is 22.7 Å². The van der Waals surface area contributed by atoms with Crippen LogP contribution < -0.4 is 0 Å². The molecular weight excluding hydrogens is 370 g/mol. The third kappa shape index (κ3) is 3.01. The molecule has 0 radical (unpaired) electrons. The fourth-order valence-corrected chi connectivity index (χ4v) is 4.02. The van der Waals surface area contributed by atoms with Gasteiger partial charge in [0.25, 0.3) is 0 Å². The number of halogens is 6. The zero-order valence-corrected chi connectivity index (χ0v) is 13.9. The van der Waals surface area contributed by atoms with Gasteiger partial charge in [-0.15, -0.1) is 0 Å². The van der Waals surface area contributed by atoms with E-state index in [2.05, 4.69) is 0 Å². The first kappa shape index (κ1) is 19.3. The molecule has 0 unspecified atom stereocenters. The molecule has 0 N–H and O–H groups in total. The predicted octanol–water partition coefficient (Wildman–Crippen LogP) is 4.48. The Balaban J connectivity index is 2.91. The third-order valence-electron chi connectivity index (χ3n) is 3.69. The van der Waals surface area contributed by atoms with Gasteiger partial charge in [-0.2, -0.15) is 0 Å². The molecule has 0 bridgehead atoms. The lowest BCUT2D eigenvalue weighted by Crippen LogP contribution is -2.16. The molecule has 0 spiro atoms. The molecule has 0 atom stereocenters. The molecule has 2 rings (SSSR count). The zero-order chi connectivity index (χ0) is 19.1. The predicted molar refractivity (Wildman–Crippen MR) is 76.8 cm³/mol. The maximum atomic E-state index is 14.3. The van der Waals surface area contributed by atoms with E-state index in [1.165, 1.54) is 13.8 Å². The normalized spacial score (nSPS) is 11.8. The molecule has 0 aliphatic heterocycles. The largest absolute Gasteiger partial charge is 0.218 e. The van der Waals surface area contributed by atoms with Gasteiger partial charge in [0, 0.05) is 23.3 Å². The van der Waals surface area contributed by atoms with Crippen LogP contribution in [0.25, 0.3) is 0 Å². The summed E-state index contributed by atoms with van der Waals surface area (Å²) in [6, 6.07) is 0.240. The molecule has 25 heavy (non-hydrogen) atoms. The Hall–Kier alpha value is -2.03. The minimum Gasteiger partial charge on any atom is -0.218 e. The van der Waals surface area contributed by atoms with E-state index >= 15 is 0 Å². The number of benzene rings is 2. The van der Waals surface area contributed by atoms with Crippen LogP contribution in [0.4, 0.5) is 26.3 Å². The molecule has 9 heteroatoms. The van der Waals surface area contributed by atoms with Crippen molar-refractivity contribution in [1.82, 2.24) is 0 Å². The first-order valence-electron chi connectivity index (χ1n) is 7.15. The van der Waals surface area contributed by atoms with Crippen molar-refractivity contribution in [2.75, 3.05) is 0 Å². The van der Waals surface area contributed by atoms with Gasteiger partial charge in [0.15, 0.2) is 11.6 Å². The van der Waals surface area contributed by atoms with Gasteiger partial charge in [-0.1, -0.05) is 13.8 Å². The number of rotatable bonds is 4. The molecule has 0 saturated heterocycles. The van der Waals surface area contributed by atoms with Crippen molar-refractivity contribution < 1.29 is 34.8 Å². The Morgan fingerprint density at radius 1 is 0.680 bits per heavy atom. The Bertz CT molecular complexity index is 883. The van der Waals surface area contributed by atoms with Crippen LogP contribution in [0.1, 0.15) is 25.0 Å². The van der Waals surface area contributed by atoms with Crippen molar-refractivity contribution >= 4 is 9.84 Å². The van der Waals surface area contributed by atoms with Gasteiger partial charge in [-0.25, -0.2) is 34.8 Å². The summed E-state index contributed by atoms with van der Waals surface area (Å²) >= 11 is 0. The van der Waals surface area contributed by atoms with Crippen LogP contribution in [0, 0.1) is 34.9 Å². The van der Waals surface area contributed by atoms with Crippen LogP contribution >= 0.6 is 0 Å². The summed E-state index contributed by atoms with van der Waals surface area (Å²) in [5.41, 5.74) is -1.50. The summed E-state index contributed by atoms with van der Waals surface area (Å²) in [6.07, 6.45) is -0.649. The summed E-state index contributed by atoms with van der Waals surface area (Å²) < 4.78 is 109. The van der Waals surface area contributed by atoms with Crippen molar-refractivity contribution in [3.8, 4) is 0 Å². The van der Waals surface area contributed by atoms with E-state index in [9.17, 15) is 34.8 Å². The zero-order valence-electron chi connectivity index (χ0n) is 13.1. The van der Waals surface area contributed by atoms with Gasteiger partial charge < -0.3 is 0 Å². The molecule has 2 aromatic carbocycles. The monoisotopic (exact) mass is 382 g/mol. The number of sulfone groups is 1. The maximum Gasteiger partial charge on any atom is 0.218 e. The minimum absolute atomic E-state index is 0.120. The lowest BCUT2D eigenvalue weighted by atomic mass is 10.1. The highest BCUT2D eigenvalue weighted by Crippen LogP contribution is 2.34. The lowest BCUT2D eigenvalue weighted by Gasteiger charge is -2.14. The van der Waals surface area contributed by atoms with Gasteiger partial charge in [0.2, 0.25) is 9.84 Å². The second-order valence-electron chi connectivity index (χ2n) is 5.13. The van der Waals surface area contributed by atoms with E-state index in [1.54, 1.807) is 0 Å². The first-order valence-corrected chi connectivity index (χ1v) is 8.63. The smallest absolute Gasteiger partial charge is 0.218 e. The van der Waals surface area contributed by atoms with E-state index in [1.807, 2.05) is 0 Å². The van der Waals surface area contributed by atoms with Crippen molar-refractivity contribution in [2.45, 2.75) is 36.5 Å². The quantitative estimate of drug-likeness (QED) is 0.577. The SMILES string of the molecule is CCc1c(F)cc(F)c(S(=O)(=O)c2c(F)cc(F)c(CC)c2F)c1F. The topological polar surface area (TPSA) is 34.1 Å². The van der Waals surface area contributed by atoms with E-state index in [4.69, 9.17) is 0 Å². The number of hydrogen-bond donors (Lipinski definition) is 0. The van der Waals surface area contributed by atoms with Crippen LogP contribution in [0.5, 0.6) is 0 Å². The van der Waals surface area contributed by atoms with E-state index in [0.717, 1.165) is 0 Å². The fourth-order valence-electron chi connectivity index (χ4n) is 2.46. The molecular formula is C16H12F6O2S. The highest BCUT2D eigenvalue weighted by molar-refractivity contribution is 7.91. The van der Waals surface area contributed by atoms with E-state index < -0.39 is 65.7 Å². The molecule has 136 valence electrons. The summed E-state index contributed by atoms with van der Waals surface area (Å²) in [5.74, 6) is -9.89. The molecule has 0 amide bonds. The molecule has 0 heterocycles. The van der Waals surface area contributed by atoms with Crippen LogP contribution in [0.3, 0.4) is 0 Å². The first-order chi connectivity index (χ1) is 11.6. The molecule has 0 aliphatic rings. The Morgan fingerprint density at radius 3 is 1.28 bits per heavy atom. The minimum atomic E-state index is -5.39. The van der Waals surface area contributed by atoms with Crippen LogP contribution in [0.2, 0.25) is 0 Å². The second-order valence-corrected chi connectivity index (χ2v) is 6.96. The molecule has 0 aromatic heterocycles. The molecule has 0 aliphatic carbocycles. The molecule has 0 saturated carbocycles. The third-order valence-corrected chi connectivity index (χ3v) is 5.51. The maximum absolute atomic E-state index is 14.3. The summed E-state index contributed by atoms with van der Waals surface area (Å²) in [4.78, 5) is -3.37. The summed E-state index contributed by atoms with van der Waals surface area (Å²) in [5, 5.41) is 0. The molecule has 2 nitrogen and oxygen atoms in total. The van der Waals surface area contributed by atoms with Gasteiger partial charge in [0.05, 0.1) is 0 Å². The van der Waals surface area contributed by atoms with Crippen molar-refractivity contribution in [3.05, 3.63) is 58.2 Å². The lowest BCUT2D eigenvalue weighted by molar-refractivity contribution is 0.469. The van der Waals surface area contributed by atoms with Gasteiger partial charge in [-0.05, 0) is 12.8 Å². The van der Waals surface area contributed by atoms with Gasteiger partial charge >= 0.3 is 0 Å². The summed E-state index contributed by atoms with van der Waals surface area (Å²) in [7, 11) is -5.39. The Kier molecular flexibility index (Phi) is 5.17. The molecule has 2 aromatic rings. The fraction of sp³-hybridized carbons (Fsp3) is 0.250. The van der Waals surface area contributed by atoms with Crippen molar-refractivity contribution in [2.24, 2.45) is 0 Å². The van der Waals surface area contributed by atoms with Crippen molar-refractivity contribution in [3.63, 3.8) is 0 Å². The van der Waals surface area contributed by atoms with Gasteiger partial charge in [-0.3, -0.25) is 0 Å². The van der Waals surface area contributed by atoms with Crippen molar-refractivity contribution in [1.29, 1.82) is 0 Å². The van der Waals surface area contributed by atoms with E-state index in [-0.39, 0.29) is 25.0 Å². The average molecular weight is 382 g/mol. The Labute approximate surface area is 140 Å². The molecule has 0 fully saturated rings. The Morgan fingerprint density at radius 2 is 1.00 bits per heavy atom. The summed E-state index contributed by atoms with van der Waals surface area (Å²) in [6.45, 7) is 2.56. The number of hydrogen-bond acceptors (Lipinski definition) is 2. The van der Waals surface area contributed by atoms with E-state index in [0.29, 0.717) is 0 Å². The van der Waals surface area contributed by atoms with Crippen LogP contribution in [0.15, 0.2) is 21.9 Å². The average Bonchev–Trinajstić information content (AvgIpc) is 2.45. The highest BCUT2D eigenvalue weighted by atomic mass is 32.2. The highest BCUT2D eigenvalue weighted by Gasteiger charge is 2.35. The van der Waals surface area contributed by atoms with Crippen LogP contribution in [-0.4, -0.2) is 8.42 Å². The second kappa shape index (κ2) is 6.70. The standard InChI is InChI=1S/C16H12F6O2S/c1-3-7-9(17)5-11(19)15(13(7)21)25(23,24)16-12(20)6-10(18)8(4-2)14(16)22/h5-6H,3-4H2,1-2H3.